The minimum absolute atomic E-state index is 0.0337. The Hall–Kier alpha value is -4.36. The number of allylic oxidation sites excluding steroid dienone is 4. The molecule has 0 bridgehead atoms. The summed E-state index contributed by atoms with van der Waals surface area (Å²) in [7, 11) is 0. The third-order valence-electron chi connectivity index (χ3n) is 7.01. The molecule has 218 valence electrons. The van der Waals surface area contributed by atoms with Crippen molar-refractivity contribution in [1.29, 1.82) is 5.26 Å². The molecule has 11 heteroatoms. The molecule has 2 aliphatic rings. The normalized spacial score (nSPS) is 19.2. The molecule has 1 aromatic heterocycles. The Morgan fingerprint density at radius 2 is 2.02 bits per heavy atom. The summed E-state index contributed by atoms with van der Waals surface area (Å²) in [6, 6.07) is 8.14. The predicted octanol–water partition coefficient (Wildman–Crippen LogP) is 5.62. The van der Waals surface area contributed by atoms with Crippen molar-refractivity contribution in [3.05, 3.63) is 94.8 Å². The molecule has 1 saturated heterocycles. The summed E-state index contributed by atoms with van der Waals surface area (Å²) in [5.41, 5.74) is 1.38. The minimum atomic E-state index is -2.88. The lowest BCUT2D eigenvalue weighted by molar-refractivity contribution is -0.142. The summed E-state index contributed by atoms with van der Waals surface area (Å²) in [6.45, 7) is 7.38. The molecule has 2 fully saturated rings. The van der Waals surface area contributed by atoms with E-state index < -0.39 is 48.7 Å². The van der Waals surface area contributed by atoms with Gasteiger partial charge in [-0.05, 0) is 50.6 Å². The van der Waals surface area contributed by atoms with Gasteiger partial charge in [0, 0.05) is 47.8 Å². The average Bonchev–Trinajstić information content (AvgIpc) is 3.31. The highest BCUT2D eigenvalue weighted by Crippen LogP contribution is 2.39. The Morgan fingerprint density at radius 3 is 2.64 bits per heavy atom. The van der Waals surface area contributed by atoms with Gasteiger partial charge in [-0.2, -0.15) is 5.26 Å². The molecule has 0 spiro atoms. The summed E-state index contributed by atoms with van der Waals surface area (Å²) >= 11 is 6.57. The van der Waals surface area contributed by atoms with Crippen LogP contribution in [0.3, 0.4) is 0 Å². The second-order valence-corrected chi connectivity index (χ2v) is 10.8. The third-order valence-corrected chi connectivity index (χ3v) is 7.35. The van der Waals surface area contributed by atoms with Crippen molar-refractivity contribution in [1.82, 2.24) is 15.2 Å². The predicted molar refractivity (Wildman–Crippen MR) is 154 cm³/mol. The molecule has 2 heterocycles. The van der Waals surface area contributed by atoms with Gasteiger partial charge in [-0.1, -0.05) is 48.0 Å². The van der Waals surface area contributed by atoms with E-state index in [1.807, 2.05) is 6.07 Å². The number of halogens is 3. The van der Waals surface area contributed by atoms with Gasteiger partial charge in [0.25, 0.3) is 11.8 Å². The fourth-order valence-electron chi connectivity index (χ4n) is 5.15. The highest BCUT2D eigenvalue weighted by Gasteiger charge is 2.48. The van der Waals surface area contributed by atoms with Crippen molar-refractivity contribution in [3.8, 4) is 6.07 Å². The SMILES string of the molecule is C=C(C)C=C(C=CC)N(C(=O)C1CCC(=O)N1c1cc(C#N)ccn1)C(C(=O)NC1CC(F)(F)C1)c1ccccc1Cl. The molecule has 1 aliphatic heterocycles. The first-order chi connectivity index (χ1) is 20.0. The molecule has 1 aromatic carbocycles. The molecule has 42 heavy (non-hydrogen) atoms. The zero-order valence-electron chi connectivity index (χ0n) is 23.2. The standard InChI is InChI=1S/C31H30ClF2N5O3/c1-4-7-22(14-19(2)3)38(30(42)25-10-11-27(40)39(25)26-15-20(18-35)12-13-36-26)28(23-8-5-6-9-24(23)32)29(41)37-21-16-31(33,34)17-21/h4-9,12-15,21,25,28H,2,10-11,16-17H2,1,3H3,(H,37,41). The highest BCUT2D eigenvalue weighted by atomic mass is 35.5. The van der Waals surface area contributed by atoms with E-state index in [9.17, 15) is 28.4 Å². The van der Waals surface area contributed by atoms with E-state index in [0.29, 0.717) is 5.57 Å². The molecule has 8 nitrogen and oxygen atoms in total. The average molecular weight is 594 g/mol. The Labute approximate surface area is 248 Å². The van der Waals surface area contributed by atoms with E-state index in [4.69, 9.17) is 11.6 Å². The number of rotatable bonds is 9. The van der Waals surface area contributed by atoms with Gasteiger partial charge in [0.1, 0.15) is 17.9 Å². The first-order valence-electron chi connectivity index (χ1n) is 13.4. The molecule has 1 N–H and O–H groups in total. The van der Waals surface area contributed by atoms with Crippen LogP contribution in [0.2, 0.25) is 5.02 Å². The Bertz CT molecular complexity index is 1510. The van der Waals surface area contributed by atoms with Crippen LogP contribution in [0.15, 0.2) is 78.7 Å². The number of anilines is 1. The number of carbonyl (C=O) groups excluding carboxylic acids is 3. The largest absolute Gasteiger partial charge is 0.351 e. The Balaban J connectivity index is 1.86. The van der Waals surface area contributed by atoms with Crippen LogP contribution in [0, 0.1) is 11.3 Å². The lowest BCUT2D eigenvalue weighted by Gasteiger charge is -2.39. The molecule has 2 aromatic rings. The van der Waals surface area contributed by atoms with Crippen molar-refractivity contribution in [3.63, 3.8) is 0 Å². The van der Waals surface area contributed by atoms with E-state index in [1.54, 1.807) is 56.3 Å². The van der Waals surface area contributed by atoms with Crippen LogP contribution in [0.1, 0.15) is 56.7 Å². The fourth-order valence-corrected chi connectivity index (χ4v) is 5.39. The number of nitrogens with zero attached hydrogens (tertiary/aromatic N) is 4. The molecule has 1 saturated carbocycles. The second-order valence-electron chi connectivity index (χ2n) is 10.4. The van der Waals surface area contributed by atoms with Crippen molar-refractivity contribution in [2.45, 2.75) is 63.6 Å². The van der Waals surface area contributed by atoms with Gasteiger partial charge in [0.05, 0.1) is 11.6 Å². The van der Waals surface area contributed by atoms with E-state index >= 15 is 0 Å². The minimum Gasteiger partial charge on any atom is -0.351 e. The second kappa shape index (κ2) is 12.7. The maximum Gasteiger partial charge on any atom is 0.252 e. The van der Waals surface area contributed by atoms with Gasteiger partial charge in [0.15, 0.2) is 0 Å². The van der Waals surface area contributed by atoms with E-state index in [2.05, 4.69) is 16.9 Å². The van der Waals surface area contributed by atoms with Crippen LogP contribution >= 0.6 is 11.6 Å². The summed E-state index contributed by atoms with van der Waals surface area (Å²) in [5, 5.41) is 12.2. The molecule has 0 radical (unpaired) electrons. The Morgan fingerprint density at radius 1 is 1.31 bits per heavy atom. The molecule has 2 unspecified atom stereocenters. The number of benzene rings is 1. The van der Waals surface area contributed by atoms with E-state index in [1.165, 1.54) is 28.1 Å². The van der Waals surface area contributed by atoms with Crippen LogP contribution < -0.4 is 10.2 Å². The Kier molecular flexibility index (Phi) is 9.22. The van der Waals surface area contributed by atoms with Gasteiger partial charge in [-0.25, -0.2) is 13.8 Å². The number of nitrogens with one attached hydrogen (secondary N) is 1. The molecule has 2 atom stereocenters. The van der Waals surface area contributed by atoms with Crippen LogP contribution in [0.5, 0.6) is 0 Å². The van der Waals surface area contributed by atoms with Crippen LogP contribution in [-0.4, -0.2) is 45.6 Å². The van der Waals surface area contributed by atoms with E-state index in [-0.39, 0.29) is 46.4 Å². The van der Waals surface area contributed by atoms with Crippen molar-refractivity contribution < 1.29 is 23.2 Å². The zero-order valence-corrected chi connectivity index (χ0v) is 23.9. The van der Waals surface area contributed by atoms with Crippen molar-refractivity contribution in [2.24, 2.45) is 0 Å². The number of nitriles is 1. The summed E-state index contributed by atoms with van der Waals surface area (Å²) < 4.78 is 27.3. The van der Waals surface area contributed by atoms with Gasteiger partial charge in [0.2, 0.25) is 11.8 Å². The lowest BCUT2D eigenvalue weighted by Crippen LogP contribution is -2.55. The smallest absolute Gasteiger partial charge is 0.252 e. The molecular formula is C31H30ClF2N5O3. The van der Waals surface area contributed by atoms with Crippen molar-refractivity contribution >= 4 is 35.1 Å². The summed E-state index contributed by atoms with van der Waals surface area (Å²) in [6.07, 6.45) is 5.41. The molecule has 3 amide bonds. The molecular weight excluding hydrogens is 564 g/mol. The van der Waals surface area contributed by atoms with Crippen molar-refractivity contribution in [2.75, 3.05) is 4.90 Å². The van der Waals surface area contributed by atoms with Gasteiger partial charge >= 0.3 is 0 Å². The van der Waals surface area contributed by atoms with Gasteiger partial charge in [-0.15, -0.1) is 0 Å². The third kappa shape index (κ3) is 6.58. The zero-order chi connectivity index (χ0) is 30.6. The number of amides is 3. The summed E-state index contributed by atoms with van der Waals surface area (Å²) in [4.78, 5) is 48.4. The maximum absolute atomic E-state index is 14.6. The number of alkyl halides is 2. The summed E-state index contributed by atoms with van der Waals surface area (Å²) in [5.74, 6) is -4.44. The van der Waals surface area contributed by atoms with Crippen LogP contribution in [0.25, 0.3) is 0 Å². The monoisotopic (exact) mass is 593 g/mol. The first-order valence-corrected chi connectivity index (χ1v) is 13.8. The maximum atomic E-state index is 14.6. The van der Waals surface area contributed by atoms with Crippen LogP contribution in [-0.2, 0) is 14.4 Å². The highest BCUT2D eigenvalue weighted by molar-refractivity contribution is 6.31. The first kappa shape index (κ1) is 30.6. The van der Waals surface area contributed by atoms with Crippen LogP contribution in [0.4, 0.5) is 14.6 Å². The number of aromatic nitrogens is 1. The number of hydrogen-bond donors (Lipinski definition) is 1. The number of hydrogen-bond acceptors (Lipinski definition) is 5. The topological polar surface area (TPSA) is 106 Å². The number of pyridine rings is 1. The lowest BCUT2D eigenvalue weighted by atomic mass is 9.87. The quantitative estimate of drug-likeness (QED) is 0.380. The number of carbonyl (C=O) groups is 3. The molecule has 1 aliphatic carbocycles. The van der Waals surface area contributed by atoms with E-state index in [0.717, 1.165) is 0 Å². The van der Waals surface area contributed by atoms with Gasteiger partial charge in [-0.3, -0.25) is 24.2 Å². The fraction of sp³-hybridized carbons (Fsp3) is 0.323. The molecule has 4 rings (SSSR count). The van der Waals surface area contributed by atoms with Gasteiger partial charge < -0.3 is 5.32 Å².